The van der Waals surface area contributed by atoms with Crippen molar-refractivity contribution in [1.29, 1.82) is 0 Å². The van der Waals surface area contributed by atoms with Crippen LogP contribution in [0.1, 0.15) is 22.8 Å². The zero-order valence-corrected chi connectivity index (χ0v) is 19.9. The lowest BCUT2D eigenvalue weighted by atomic mass is 10.1. The first kappa shape index (κ1) is 22.0. The van der Waals surface area contributed by atoms with Gasteiger partial charge in [-0.15, -0.1) is 0 Å². The lowest BCUT2D eigenvalue weighted by Gasteiger charge is -2.13. The second-order valence-electron chi connectivity index (χ2n) is 7.12. The maximum atomic E-state index is 12.6. The summed E-state index contributed by atoms with van der Waals surface area (Å²) in [5.41, 5.74) is 5.05. The van der Waals surface area contributed by atoms with E-state index in [9.17, 15) is 4.79 Å². The van der Waals surface area contributed by atoms with Crippen molar-refractivity contribution in [3.05, 3.63) is 76.3 Å². The molecule has 6 nitrogen and oxygen atoms in total. The van der Waals surface area contributed by atoms with Gasteiger partial charge in [0, 0.05) is 16.8 Å². The van der Waals surface area contributed by atoms with Crippen molar-refractivity contribution in [3.8, 4) is 17.1 Å². The predicted octanol–water partition coefficient (Wildman–Crippen LogP) is 5.83. The Hall–Kier alpha value is -3.23. The highest BCUT2D eigenvalue weighted by molar-refractivity contribution is 9.10. The van der Waals surface area contributed by atoms with E-state index in [1.54, 1.807) is 18.2 Å². The molecule has 0 aliphatic rings. The predicted molar refractivity (Wildman–Crippen MR) is 135 cm³/mol. The van der Waals surface area contributed by atoms with E-state index in [1.165, 1.54) is 0 Å². The summed E-state index contributed by atoms with van der Waals surface area (Å²) in [7, 11) is 0. The van der Waals surface area contributed by atoms with E-state index in [0.29, 0.717) is 22.4 Å². The SMILES string of the molecule is CCOc1ccc(C(=O)NC(=S)Nc2cc(-c3nc4ccccc4[nH]3)ccc2C)cc1Br. The first-order valence-corrected chi connectivity index (χ1v) is 11.2. The van der Waals surface area contributed by atoms with Crippen LogP contribution in [-0.4, -0.2) is 27.6 Å². The maximum absolute atomic E-state index is 12.6. The van der Waals surface area contributed by atoms with Gasteiger partial charge >= 0.3 is 0 Å². The molecular formula is C24H21BrN4O2S. The number of anilines is 1. The molecule has 0 atom stereocenters. The number of aryl methyl sites for hydroxylation is 1. The van der Waals surface area contributed by atoms with Gasteiger partial charge in [0.2, 0.25) is 0 Å². The number of hydrogen-bond donors (Lipinski definition) is 3. The lowest BCUT2D eigenvalue weighted by Crippen LogP contribution is -2.34. The minimum absolute atomic E-state index is 0.213. The van der Waals surface area contributed by atoms with Crippen LogP contribution >= 0.6 is 28.1 Å². The second-order valence-corrected chi connectivity index (χ2v) is 8.38. The van der Waals surface area contributed by atoms with Crippen LogP contribution in [0.3, 0.4) is 0 Å². The van der Waals surface area contributed by atoms with E-state index in [4.69, 9.17) is 17.0 Å². The topological polar surface area (TPSA) is 79.0 Å². The van der Waals surface area contributed by atoms with Crippen molar-refractivity contribution in [2.75, 3.05) is 11.9 Å². The number of nitrogens with one attached hydrogen (secondary N) is 3. The molecule has 162 valence electrons. The molecule has 0 radical (unpaired) electrons. The Bertz CT molecular complexity index is 1290. The zero-order chi connectivity index (χ0) is 22.7. The fourth-order valence-corrected chi connectivity index (χ4v) is 3.93. The Balaban J connectivity index is 1.49. The largest absolute Gasteiger partial charge is 0.493 e. The van der Waals surface area contributed by atoms with Crippen molar-refractivity contribution in [2.45, 2.75) is 13.8 Å². The summed E-state index contributed by atoms with van der Waals surface area (Å²) in [5, 5.41) is 6.06. The summed E-state index contributed by atoms with van der Waals surface area (Å²) in [4.78, 5) is 20.6. The minimum Gasteiger partial charge on any atom is -0.493 e. The van der Waals surface area contributed by atoms with Crippen molar-refractivity contribution in [1.82, 2.24) is 15.3 Å². The van der Waals surface area contributed by atoms with E-state index in [-0.39, 0.29) is 11.0 Å². The zero-order valence-electron chi connectivity index (χ0n) is 17.5. The normalized spacial score (nSPS) is 10.7. The van der Waals surface area contributed by atoms with Gasteiger partial charge in [-0.05, 0) is 84.0 Å². The fraction of sp³-hybridized carbons (Fsp3) is 0.125. The minimum atomic E-state index is -0.308. The number of carbonyl (C=O) groups is 1. The molecule has 0 fully saturated rings. The first-order valence-electron chi connectivity index (χ1n) is 10.0. The average Bonchev–Trinajstić information content (AvgIpc) is 3.21. The van der Waals surface area contributed by atoms with Crippen molar-refractivity contribution < 1.29 is 9.53 Å². The number of thiocarbonyl (C=S) groups is 1. The number of halogens is 1. The standard InChI is InChI=1S/C24H21BrN4O2S/c1-3-31-21-11-10-16(12-17(21)25)23(30)29-24(32)28-20-13-15(9-8-14(20)2)22-26-18-6-4-5-7-19(18)27-22/h4-13H,3H2,1-2H3,(H,26,27)(H2,28,29,30,32). The summed E-state index contributed by atoms with van der Waals surface area (Å²) in [6.07, 6.45) is 0. The molecule has 0 spiro atoms. The Morgan fingerprint density at radius 2 is 1.97 bits per heavy atom. The van der Waals surface area contributed by atoms with Crippen LogP contribution < -0.4 is 15.4 Å². The van der Waals surface area contributed by atoms with Crippen LogP contribution in [0.2, 0.25) is 0 Å². The molecule has 3 N–H and O–H groups in total. The summed E-state index contributed by atoms with van der Waals surface area (Å²) >= 11 is 8.81. The van der Waals surface area contributed by atoms with Crippen LogP contribution in [0.25, 0.3) is 22.4 Å². The van der Waals surface area contributed by atoms with Gasteiger partial charge < -0.3 is 15.0 Å². The number of imidazole rings is 1. The molecule has 0 saturated carbocycles. The molecule has 1 aromatic heterocycles. The number of ether oxygens (including phenoxy) is 1. The Labute approximate surface area is 199 Å². The van der Waals surface area contributed by atoms with Crippen LogP contribution in [0, 0.1) is 6.92 Å². The third kappa shape index (κ3) is 4.81. The molecule has 0 saturated heterocycles. The number of fused-ring (bicyclic) bond motifs is 1. The average molecular weight is 509 g/mol. The molecule has 0 unspecified atom stereocenters. The van der Waals surface area contributed by atoms with Crippen LogP contribution in [0.5, 0.6) is 5.75 Å². The molecule has 0 aliphatic carbocycles. The van der Waals surface area contributed by atoms with Gasteiger partial charge in [0.15, 0.2) is 5.11 Å². The van der Waals surface area contributed by atoms with Gasteiger partial charge in [0.05, 0.1) is 22.1 Å². The number of H-pyrrole nitrogens is 1. The molecular weight excluding hydrogens is 488 g/mol. The summed E-state index contributed by atoms with van der Waals surface area (Å²) in [6, 6.07) is 19.0. The molecule has 4 rings (SSSR count). The van der Waals surface area contributed by atoms with E-state index < -0.39 is 0 Å². The van der Waals surface area contributed by atoms with Crippen LogP contribution in [-0.2, 0) is 0 Å². The van der Waals surface area contributed by atoms with Gasteiger partial charge in [-0.25, -0.2) is 4.98 Å². The number of amides is 1. The van der Waals surface area contributed by atoms with E-state index in [1.807, 2.05) is 56.3 Å². The number of rotatable bonds is 5. The number of para-hydroxylation sites is 2. The van der Waals surface area contributed by atoms with E-state index in [2.05, 4.69) is 36.5 Å². The number of aromatic amines is 1. The molecule has 3 aromatic carbocycles. The van der Waals surface area contributed by atoms with Crippen molar-refractivity contribution >= 4 is 55.9 Å². The number of carbonyl (C=O) groups excluding carboxylic acids is 1. The third-order valence-electron chi connectivity index (χ3n) is 4.87. The molecule has 0 aliphatic heterocycles. The molecule has 1 amide bonds. The molecule has 4 aromatic rings. The highest BCUT2D eigenvalue weighted by Gasteiger charge is 2.13. The smallest absolute Gasteiger partial charge is 0.257 e. The van der Waals surface area contributed by atoms with Gasteiger partial charge in [-0.3, -0.25) is 10.1 Å². The fourth-order valence-electron chi connectivity index (χ4n) is 3.24. The Morgan fingerprint density at radius 1 is 1.16 bits per heavy atom. The number of nitrogens with zero attached hydrogens (tertiary/aromatic N) is 1. The molecule has 32 heavy (non-hydrogen) atoms. The first-order chi connectivity index (χ1) is 15.4. The third-order valence-corrected chi connectivity index (χ3v) is 5.69. The van der Waals surface area contributed by atoms with Crippen molar-refractivity contribution in [2.24, 2.45) is 0 Å². The molecule has 8 heteroatoms. The second kappa shape index (κ2) is 9.50. The Kier molecular flexibility index (Phi) is 6.53. The summed E-state index contributed by atoms with van der Waals surface area (Å²) in [5.74, 6) is 1.14. The highest BCUT2D eigenvalue weighted by Crippen LogP contribution is 2.27. The number of benzene rings is 3. The molecule has 0 bridgehead atoms. The van der Waals surface area contributed by atoms with E-state index >= 15 is 0 Å². The van der Waals surface area contributed by atoms with Gasteiger partial charge in [0.1, 0.15) is 11.6 Å². The highest BCUT2D eigenvalue weighted by atomic mass is 79.9. The lowest BCUT2D eigenvalue weighted by molar-refractivity contribution is 0.0977. The van der Waals surface area contributed by atoms with Gasteiger partial charge in [-0.2, -0.15) is 0 Å². The summed E-state index contributed by atoms with van der Waals surface area (Å²) < 4.78 is 6.20. The Morgan fingerprint density at radius 3 is 2.72 bits per heavy atom. The quantitative estimate of drug-likeness (QED) is 0.295. The van der Waals surface area contributed by atoms with Crippen molar-refractivity contribution in [3.63, 3.8) is 0 Å². The van der Waals surface area contributed by atoms with Crippen LogP contribution in [0.15, 0.2) is 65.1 Å². The van der Waals surface area contributed by atoms with Gasteiger partial charge in [0.25, 0.3) is 5.91 Å². The number of hydrogen-bond acceptors (Lipinski definition) is 4. The summed E-state index contributed by atoms with van der Waals surface area (Å²) in [6.45, 7) is 4.42. The monoisotopic (exact) mass is 508 g/mol. The maximum Gasteiger partial charge on any atom is 0.257 e. The van der Waals surface area contributed by atoms with Crippen LogP contribution in [0.4, 0.5) is 5.69 Å². The number of aromatic nitrogens is 2. The molecule has 1 heterocycles. The van der Waals surface area contributed by atoms with Gasteiger partial charge in [-0.1, -0.05) is 24.3 Å². The van der Waals surface area contributed by atoms with E-state index in [0.717, 1.165) is 33.7 Å².